The van der Waals surface area contributed by atoms with E-state index < -0.39 is 6.04 Å². The third-order valence-electron chi connectivity index (χ3n) is 2.37. The van der Waals surface area contributed by atoms with Gasteiger partial charge in [0, 0.05) is 5.92 Å². The largest absolute Gasteiger partial charge is 0.408 e. The van der Waals surface area contributed by atoms with E-state index in [4.69, 9.17) is 10.2 Å². The van der Waals surface area contributed by atoms with Gasteiger partial charge in [0.25, 0.3) is 0 Å². The molecule has 0 aliphatic heterocycles. The van der Waals surface area contributed by atoms with Crippen molar-refractivity contribution in [3.05, 3.63) is 5.89 Å². The molecule has 6 nitrogen and oxygen atoms in total. The minimum Gasteiger partial charge on any atom is -0.408 e. The first-order valence-electron chi connectivity index (χ1n) is 5.10. The number of nitrogens with zero attached hydrogens (tertiary/aromatic N) is 2. The van der Waals surface area contributed by atoms with Crippen molar-refractivity contribution in [3.63, 3.8) is 0 Å². The van der Waals surface area contributed by atoms with Crippen LogP contribution in [0.2, 0.25) is 0 Å². The van der Waals surface area contributed by atoms with Crippen LogP contribution in [0.3, 0.4) is 0 Å². The number of nitrogens with two attached hydrogens (primary N) is 1. The van der Waals surface area contributed by atoms with Gasteiger partial charge in [-0.15, -0.1) is 5.10 Å². The van der Waals surface area contributed by atoms with Gasteiger partial charge in [0.15, 0.2) is 0 Å². The van der Waals surface area contributed by atoms with Crippen LogP contribution in [0.1, 0.15) is 38.0 Å². The molecule has 1 aliphatic rings. The predicted octanol–water partition coefficient (Wildman–Crippen LogP) is 0.623. The molecule has 82 valence electrons. The molecular weight excluding hydrogens is 196 g/mol. The zero-order valence-corrected chi connectivity index (χ0v) is 8.56. The Kier molecular flexibility index (Phi) is 2.68. The SMILES string of the molecule is CC[C@@H](N)C(=O)Nc1nnc(C2CC2)o1. The molecule has 1 saturated carbocycles. The highest BCUT2D eigenvalue weighted by atomic mass is 16.4. The fraction of sp³-hybridized carbons (Fsp3) is 0.667. The minimum atomic E-state index is -0.527. The lowest BCUT2D eigenvalue weighted by atomic mass is 10.2. The van der Waals surface area contributed by atoms with Crippen molar-refractivity contribution in [1.82, 2.24) is 10.2 Å². The molecule has 0 spiro atoms. The van der Waals surface area contributed by atoms with Gasteiger partial charge in [-0.25, -0.2) is 0 Å². The molecule has 1 aliphatic carbocycles. The highest BCUT2D eigenvalue weighted by Crippen LogP contribution is 2.39. The zero-order valence-electron chi connectivity index (χ0n) is 8.56. The summed E-state index contributed by atoms with van der Waals surface area (Å²) >= 11 is 0. The van der Waals surface area contributed by atoms with Gasteiger partial charge >= 0.3 is 6.01 Å². The normalized spacial score (nSPS) is 17.5. The van der Waals surface area contributed by atoms with Crippen LogP contribution in [-0.4, -0.2) is 22.1 Å². The van der Waals surface area contributed by atoms with E-state index in [1.54, 1.807) is 0 Å². The number of rotatable bonds is 4. The number of amides is 1. The van der Waals surface area contributed by atoms with E-state index in [0.717, 1.165) is 12.8 Å². The number of anilines is 1. The van der Waals surface area contributed by atoms with Gasteiger partial charge in [0.1, 0.15) is 0 Å². The van der Waals surface area contributed by atoms with Gasteiger partial charge in [0.2, 0.25) is 11.8 Å². The average molecular weight is 210 g/mol. The van der Waals surface area contributed by atoms with Crippen LogP contribution in [0.25, 0.3) is 0 Å². The molecule has 1 heterocycles. The fourth-order valence-electron chi connectivity index (χ4n) is 1.16. The number of aromatic nitrogens is 2. The summed E-state index contributed by atoms with van der Waals surface area (Å²) in [6, 6.07) is -0.382. The van der Waals surface area contributed by atoms with E-state index in [1.807, 2.05) is 6.92 Å². The summed E-state index contributed by atoms with van der Waals surface area (Å²) in [5.41, 5.74) is 5.54. The summed E-state index contributed by atoms with van der Waals surface area (Å²) in [5.74, 6) is 0.710. The molecule has 0 unspecified atom stereocenters. The summed E-state index contributed by atoms with van der Waals surface area (Å²) in [6.45, 7) is 1.84. The molecule has 1 aromatic heterocycles. The van der Waals surface area contributed by atoms with E-state index in [1.165, 1.54) is 0 Å². The molecule has 1 fully saturated rings. The van der Waals surface area contributed by atoms with Crippen LogP contribution in [0.5, 0.6) is 0 Å². The molecular formula is C9H14N4O2. The molecule has 6 heteroatoms. The molecule has 15 heavy (non-hydrogen) atoms. The van der Waals surface area contributed by atoms with Gasteiger partial charge < -0.3 is 10.2 Å². The fourth-order valence-corrected chi connectivity index (χ4v) is 1.16. The second-order valence-electron chi connectivity index (χ2n) is 3.72. The maximum Gasteiger partial charge on any atom is 0.322 e. The molecule has 0 radical (unpaired) electrons. The third-order valence-corrected chi connectivity index (χ3v) is 2.37. The summed E-state index contributed by atoms with van der Waals surface area (Å²) in [7, 11) is 0. The number of carbonyl (C=O) groups excluding carboxylic acids is 1. The van der Waals surface area contributed by atoms with Gasteiger partial charge in [-0.1, -0.05) is 12.0 Å². The topological polar surface area (TPSA) is 94.0 Å². The van der Waals surface area contributed by atoms with Crippen molar-refractivity contribution in [2.75, 3.05) is 5.32 Å². The third kappa shape index (κ3) is 2.33. The van der Waals surface area contributed by atoms with Crippen LogP contribution in [0.4, 0.5) is 6.01 Å². The Morgan fingerprint density at radius 1 is 1.67 bits per heavy atom. The quantitative estimate of drug-likeness (QED) is 0.759. The summed E-state index contributed by atoms with van der Waals surface area (Å²) < 4.78 is 5.26. The van der Waals surface area contributed by atoms with E-state index in [9.17, 15) is 4.79 Å². The maximum atomic E-state index is 11.4. The smallest absolute Gasteiger partial charge is 0.322 e. The monoisotopic (exact) mass is 210 g/mol. The van der Waals surface area contributed by atoms with Crippen molar-refractivity contribution in [1.29, 1.82) is 0 Å². The highest BCUT2D eigenvalue weighted by molar-refractivity contribution is 5.92. The van der Waals surface area contributed by atoms with E-state index in [-0.39, 0.29) is 11.9 Å². The van der Waals surface area contributed by atoms with Gasteiger partial charge in [-0.05, 0) is 19.3 Å². The summed E-state index contributed by atoms with van der Waals surface area (Å²) in [6.07, 6.45) is 2.75. The predicted molar refractivity (Wildman–Crippen MR) is 53.2 cm³/mol. The Morgan fingerprint density at radius 3 is 3.00 bits per heavy atom. The van der Waals surface area contributed by atoms with E-state index >= 15 is 0 Å². The first-order valence-corrected chi connectivity index (χ1v) is 5.10. The number of hydrogen-bond acceptors (Lipinski definition) is 5. The molecule has 0 saturated heterocycles. The van der Waals surface area contributed by atoms with Crippen LogP contribution in [-0.2, 0) is 4.79 Å². The van der Waals surface area contributed by atoms with Crippen LogP contribution in [0.15, 0.2) is 4.42 Å². The van der Waals surface area contributed by atoms with Crippen molar-refractivity contribution < 1.29 is 9.21 Å². The van der Waals surface area contributed by atoms with Crippen molar-refractivity contribution in [2.45, 2.75) is 38.1 Å². The van der Waals surface area contributed by atoms with Crippen molar-refractivity contribution >= 4 is 11.9 Å². The van der Waals surface area contributed by atoms with Crippen LogP contribution >= 0.6 is 0 Å². The first kappa shape index (κ1) is 10.1. The Bertz CT molecular complexity index is 359. The highest BCUT2D eigenvalue weighted by Gasteiger charge is 2.29. The van der Waals surface area contributed by atoms with E-state index in [2.05, 4.69) is 15.5 Å². The second kappa shape index (κ2) is 3.98. The minimum absolute atomic E-state index is 0.144. The van der Waals surface area contributed by atoms with Gasteiger partial charge in [-0.2, -0.15) is 0 Å². The van der Waals surface area contributed by atoms with Crippen molar-refractivity contribution in [3.8, 4) is 0 Å². The molecule has 1 amide bonds. The lowest BCUT2D eigenvalue weighted by Gasteiger charge is -2.05. The number of hydrogen-bond donors (Lipinski definition) is 2. The zero-order chi connectivity index (χ0) is 10.8. The maximum absolute atomic E-state index is 11.4. The average Bonchev–Trinajstić information content (AvgIpc) is 2.99. The standard InChI is InChI=1S/C9H14N4O2/c1-2-6(10)7(14)11-9-13-12-8(15-9)5-3-4-5/h5-6H,2-4,10H2,1H3,(H,11,13,14)/t6-/m1/s1. The van der Waals surface area contributed by atoms with Gasteiger partial charge in [-0.3, -0.25) is 10.1 Å². The number of nitrogens with one attached hydrogen (secondary N) is 1. The molecule has 0 bridgehead atoms. The lowest BCUT2D eigenvalue weighted by Crippen LogP contribution is -2.34. The Morgan fingerprint density at radius 2 is 2.40 bits per heavy atom. The Labute approximate surface area is 87.2 Å². The Balaban J connectivity index is 1.95. The lowest BCUT2D eigenvalue weighted by molar-refractivity contribution is -0.117. The molecule has 2 rings (SSSR count). The van der Waals surface area contributed by atoms with Crippen molar-refractivity contribution in [2.24, 2.45) is 5.73 Å². The van der Waals surface area contributed by atoms with Gasteiger partial charge in [0.05, 0.1) is 6.04 Å². The number of carbonyl (C=O) groups is 1. The summed E-state index contributed by atoms with van der Waals surface area (Å²) in [5, 5.41) is 10.1. The molecule has 0 aromatic carbocycles. The van der Waals surface area contributed by atoms with E-state index in [0.29, 0.717) is 18.2 Å². The molecule has 1 aromatic rings. The second-order valence-corrected chi connectivity index (χ2v) is 3.72. The molecule has 3 N–H and O–H groups in total. The Hall–Kier alpha value is -1.43. The van der Waals surface area contributed by atoms with Crippen LogP contribution in [0, 0.1) is 0 Å². The molecule has 1 atom stereocenters. The first-order chi connectivity index (χ1) is 7.20. The summed E-state index contributed by atoms with van der Waals surface area (Å²) in [4.78, 5) is 11.4. The van der Waals surface area contributed by atoms with Crippen LogP contribution < -0.4 is 11.1 Å².